The van der Waals surface area contributed by atoms with Crippen LogP contribution in [0.4, 0.5) is 10.8 Å². The van der Waals surface area contributed by atoms with Gasteiger partial charge in [-0.2, -0.15) is 0 Å². The normalized spacial score (nSPS) is 14.0. The van der Waals surface area contributed by atoms with Crippen LogP contribution >= 0.6 is 11.3 Å². The lowest BCUT2D eigenvalue weighted by atomic mass is 10.1. The summed E-state index contributed by atoms with van der Waals surface area (Å²) in [6.07, 6.45) is 0.463. The summed E-state index contributed by atoms with van der Waals surface area (Å²) in [6, 6.07) is 10.9. The Hall–Kier alpha value is -3.10. The van der Waals surface area contributed by atoms with Crippen molar-refractivity contribution in [3.8, 4) is 0 Å². The fourth-order valence-corrected chi connectivity index (χ4v) is 5.22. The Balaban J connectivity index is 1.66. The number of anilines is 2. The molecule has 0 bridgehead atoms. The Morgan fingerprint density at radius 3 is 2.24 bits per heavy atom. The quantitative estimate of drug-likeness (QED) is 0.444. The maximum atomic E-state index is 13.7. The van der Waals surface area contributed by atoms with Gasteiger partial charge in [0.25, 0.3) is 5.91 Å². The molecule has 7 nitrogen and oxygen atoms in total. The number of nitrogens with zero attached hydrogens (tertiary/aromatic N) is 4. The molecule has 0 atom stereocenters. The number of hydrogen-bond acceptors (Lipinski definition) is 6. The summed E-state index contributed by atoms with van der Waals surface area (Å²) in [5.74, 6) is -0.554. The number of hydrogen-bond donors (Lipinski definition) is 0. The highest BCUT2D eigenvalue weighted by Gasteiger charge is 2.30. The number of imide groups is 1. The van der Waals surface area contributed by atoms with Crippen LogP contribution in [0.15, 0.2) is 36.4 Å². The van der Waals surface area contributed by atoms with E-state index >= 15 is 0 Å². The first-order chi connectivity index (χ1) is 16.3. The third kappa shape index (κ3) is 4.60. The lowest BCUT2D eigenvalue weighted by molar-refractivity contribution is -0.121. The zero-order valence-corrected chi connectivity index (χ0v) is 20.9. The molecule has 0 N–H and O–H groups in total. The number of likely N-dealkylation sites (N-methyl/N-ethyl adjacent to an activating group) is 1. The van der Waals surface area contributed by atoms with E-state index in [1.54, 1.807) is 29.2 Å². The Morgan fingerprint density at radius 2 is 1.62 bits per heavy atom. The van der Waals surface area contributed by atoms with Crippen molar-refractivity contribution in [2.24, 2.45) is 0 Å². The van der Waals surface area contributed by atoms with Gasteiger partial charge in [-0.25, -0.2) is 4.98 Å². The number of aromatic nitrogens is 1. The molecule has 0 saturated carbocycles. The smallest absolute Gasteiger partial charge is 0.260 e. The van der Waals surface area contributed by atoms with Crippen LogP contribution in [-0.2, 0) is 9.59 Å². The van der Waals surface area contributed by atoms with Gasteiger partial charge >= 0.3 is 0 Å². The van der Waals surface area contributed by atoms with Gasteiger partial charge in [0.2, 0.25) is 11.8 Å². The molecule has 178 valence electrons. The van der Waals surface area contributed by atoms with Crippen LogP contribution in [-0.4, -0.2) is 53.8 Å². The maximum absolute atomic E-state index is 13.7. The number of carbonyl (C=O) groups is 3. The minimum absolute atomic E-state index is 0.147. The fraction of sp³-hybridized carbons (Fsp3) is 0.385. The summed E-state index contributed by atoms with van der Waals surface area (Å²) >= 11 is 1.52. The van der Waals surface area contributed by atoms with Crippen molar-refractivity contribution in [1.82, 2.24) is 9.88 Å². The number of carbonyl (C=O) groups excluding carboxylic acids is 3. The number of amides is 3. The van der Waals surface area contributed by atoms with Gasteiger partial charge in [0, 0.05) is 31.5 Å². The van der Waals surface area contributed by atoms with E-state index in [0.29, 0.717) is 22.9 Å². The molecule has 1 aromatic heterocycles. The first-order valence-corrected chi connectivity index (χ1v) is 12.5. The van der Waals surface area contributed by atoms with Gasteiger partial charge in [0.05, 0.1) is 15.9 Å². The average molecular weight is 479 g/mol. The molecule has 0 unspecified atom stereocenters. The highest BCUT2D eigenvalue weighted by molar-refractivity contribution is 7.22. The molecule has 1 aliphatic rings. The summed E-state index contributed by atoms with van der Waals surface area (Å²) < 4.78 is 1.06. The summed E-state index contributed by atoms with van der Waals surface area (Å²) in [4.78, 5) is 47.8. The van der Waals surface area contributed by atoms with Gasteiger partial charge in [-0.1, -0.05) is 31.3 Å². The number of benzene rings is 2. The zero-order chi connectivity index (χ0) is 24.4. The monoisotopic (exact) mass is 478 g/mol. The standard InChI is InChI=1S/C26H30N4O3S/c1-5-28(6-2)15-16-29(26-27-24-18(4)17(3)7-12-21(24)34-26)25(33)19-8-10-20(11-9-19)30-22(31)13-14-23(30)32/h7-12H,5-6,13-16H2,1-4H3. The molecular formula is C26H30N4O3S. The van der Waals surface area contributed by atoms with Crippen molar-refractivity contribution < 1.29 is 14.4 Å². The number of aryl methyl sites for hydroxylation is 2. The van der Waals surface area contributed by atoms with E-state index in [9.17, 15) is 14.4 Å². The molecule has 2 heterocycles. The molecule has 1 saturated heterocycles. The Kier molecular flexibility index (Phi) is 7.09. The van der Waals surface area contributed by atoms with Crippen LogP contribution in [0.3, 0.4) is 0 Å². The van der Waals surface area contributed by atoms with Gasteiger partial charge < -0.3 is 4.90 Å². The number of thiazole rings is 1. The molecule has 2 aromatic carbocycles. The number of fused-ring (bicyclic) bond motifs is 1. The van der Waals surface area contributed by atoms with Crippen LogP contribution in [0.1, 0.15) is 48.2 Å². The molecule has 4 rings (SSSR count). The van der Waals surface area contributed by atoms with E-state index in [1.165, 1.54) is 21.8 Å². The van der Waals surface area contributed by atoms with E-state index in [-0.39, 0.29) is 30.6 Å². The van der Waals surface area contributed by atoms with E-state index in [0.717, 1.165) is 35.4 Å². The van der Waals surface area contributed by atoms with Crippen molar-refractivity contribution in [3.63, 3.8) is 0 Å². The third-order valence-electron chi connectivity index (χ3n) is 6.51. The predicted octanol–water partition coefficient (Wildman–Crippen LogP) is 4.56. The van der Waals surface area contributed by atoms with Gasteiger partial charge in [0.1, 0.15) is 0 Å². The van der Waals surface area contributed by atoms with Crippen LogP contribution in [0.2, 0.25) is 0 Å². The Labute approximate surface area is 204 Å². The lowest BCUT2D eigenvalue weighted by Crippen LogP contribution is -2.39. The van der Waals surface area contributed by atoms with Gasteiger partial charge in [-0.15, -0.1) is 0 Å². The van der Waals surface area contributed by atoms with Crippen LogP contribution in [0.25, 0.3) is 10.2 Å². The second-order valence-electron chi connectivity index (χ2n) is 8.50. The summed E-state index contributed by atoms with van der Waals surface area (Å²) in [6.45, 7) is 11.4. The first-order valence-electron chi connectivity index (χ1n) is 11.7. The molecule has 0 aliphatic carbocycles. The SMILES string of the molecule is CCN(CC)CCN(C(=O)c1ccc(N2C(=O)CCC2=O)cc1)c1nc2c(C)c(C)ccc2s1. The highest BCUT2D eigenvalue weighted by Crippen LogP contribution is 2.33. The molecule has 1 fully saturated rings. The van der Waals surface area contributed by atoms with Crippen molar-refractivity contribution in [1.29, 1.82) is 0 Å². The van der Waals surface area contributed by atoms with Crippen LogP contribution in [0.5, 0.6) is 0 Å². The van der Waals surface area contributed by atoms with Gasteiger partial charge in [-0.3, -0.25) is 24.2 Å². The molecule has 0 radical (unpaired) electrons. The van der Waals surface area contributed by atoms with E-state index in [4.69, 9.17) is 4.98 Å². The van der Waals surface area contributed by atoms with Crippen molar-refractivity contribution in [3.05, 3.63) is 53.1 Å². The second kappa shape index (κ2) is 10.0. The molecular weight excluding hydrogens is 448 g/mol. The first kappa shape index (κ1) is 24.0. The Bertz CT molecular complexity index is 1210. The third-order valence-corrected chi connectivity index (χ3v) is 7.55. The summed E-state index contributed by atoms with van der Waals surface area (Å²) in [5.41, 5.74) is 4.23. The topological polar surface area (TPSA) is 73.8 Å². The van der Waals surface area contributed by atoms with Crippen molar-refractivity contribution in [2.45, 2.75) is 40.5 Å². The molecule has 34 heavy (non-hydrogen) atoms. The lowest BCUT2D eigenvalue weighted by Gasteiger charge is -2.25. The van der Waals surface area contributed by atoms with E-state index in [1.807, 2.05) is 0 Å². The number of rotatable bonds is 8. The van der Waals surface area contributed by atoms with Crippen molar-refractivity contribution >= 4 is 50.1 Å². The van der Waals surface area contributed by atoms with Crippen LogP contribution < -0.4 is 9.80 Å². The molecule has 3 amide bonds. The molecule has 1 aliphatic heterocycles. The minimum atomic E-state index is -0.204. The fourth-order valence-electron chi connectivity index (χ4n) is 4.17. The second-order valence-corrected chi connectivity index (χ2v) is 9.51. The molecule has 3 aromatic rings. The largest absolute Gasteiger partial charge is 0.302 e. The van der Waals surface area contributed by atoms with Gasteiger partial charge in [-0.05, 0) is 68.4 Å². The van der Waals surface area contributed by atoms with E-state index < -0.39 is 0 Å². The summed E-state index contributed by atoms with van der Waals surface area (Å²) in [5, 5.41) is 0.676. The van der Waals surface area contributed by atoms with Crippen LogP contribution in [0, 0.1) is 13.8 Å². The molecule has 0 spiro atoms. The molecule has 8 heteroatoms. The zero-order valence-electron chi connectivity index (χ0n) is 20.1. The minimum Gasteiger partial charge on any atom is -0.302 e. The highest BCUT2D eigenvalue weighted by atomic mass is 32.1. The van der Waals surface area contributed by atoms with Gasteiger partial charge in [0.15, 0.2) is 5.13 Å². The Morgan fingerprint density at radius 1 is 0.971 bits per heavy atom. The van der Waals surface area contributed by atoms with Crippen molar-refractivity contribution in [2.75, 3.05) is 36.0 Å². The average Bonchev–Trinajstić information content (AvgIpc) is 3.42. The van der Waals surface area contributed by atoms with E-state index in [2.05, 4.69) is 44.7 Å². The predicted molar refractivity (Wildman–Crippen MR) is 137 cm³/mol. The summed E-state index contributed by atoms with van der Waals surface area (Å²) in [7, 11) is 0. The maximum Gasteiger partial charge on any atom is 0.260 e.